The molecule has 1 aromatic heterocycles. The van der Waals surface area contributed by atoms with Crippen LogP contribution < -0.4 is 5.73 Å². The van der Waals surface area contributed by atoms with Crippen molar-refractivity contribution in [3.8, 4) is 0 Å². The molecule has 0 aromatic carbocycles. The topological polar surface area (TPSA) is 156 Å². The van der Waals surface area contributed by atoms with Gasteiger partial charge < -0.3 is 25.1 Å². The summed E-state index contributed by atoms with van der Waals surface area (Å²) in [5.41, 5.74) is 5.08. The van der Waals surface area contributed by atoms with Crippen molar-refractivity contribution in [1.29, 1.82) is 0 Å². The van der Waals surface area contributed by atoms with Crippen LogP contribution in [0.1, 0.15) is 23.8 Å². The highest BCUT2D eigenvalue weighted by molar-refractivity contribution is 5.95. The Morgan fingerprint density at radius 3 is 2.57 bits per heavy atom. The normalized spacial score (nSPS) is 33.6. The molecule has 2 aliphatic rings. The second-order valence-corrected chi connectivity index (χ2v) is 5.18. The number of aliphatic hydroxyl groups is 1. The maximum atomic E-state index is 11.9. The van der Waals surface area contributed by atoms with Gasteiger partial charge in [-0.2, -0.15) is 0 Å². The van der Waals surface area contributed by atoms with E-state index in [0.29, 0.717) is 0 Å². The second-order valence-electron chi connectivity index (χ2n) is 5.18. The molecule has 0 radical (unpaired) electrons. The molecule has 11 heteroatoms. The number of fused-ring (bicyclic) bond motifs is 1. The van der Waals surface area contributed by atoms with E-state index in [2.05, 4.69) is 10.1 Å². The van der Waals surface area contributed by atoms with E-state index in [9.17, 15) is 19.5 Å². The molecule has 5 atom stereocenters. The third-order valence-electron chi connectivity index (χ3n) is 3.67. The minimum atomic E-state index is -1.09. The van der Waals surface area contributed by atoms with E-state index < -0.39 is 54.9 Å². The first-order chi connectivity index (χ1) is 10.9. The lowest BCUT2D eigenvalue weighted by atomic mass is 10.1. The average Bonchev–Trinajstić information content (AvgIpc) is 3.09. The van der Waals surface area contributed by atoms with E-state index in [1.54, 1.807) is 0 Å². The Morgan fingerprint density at radius 1 is 1.35 bits per heavy atom. The fourth-order valence-electron chi connectivity index (χ4n) is 2.41. The van der Waals surface area contributed by atoms with Gasteiger partial charge in [-0.05, 0) is 6.92 Å². The molecule has 0 bridgehead atoms. The zero-order valence-corrected chi connectivity index (χ0v) is 12.0. The Hall–Kier alpha value is -2.53. The van der Waals surface area contributed by atoms with Crippen molar-refractivity contribution in [2.24, 2.45) is 11.7 Å². The highest BCUT2D eigenvalue weighted by Crippen LogP contribution is 2.35. The highest BCUT2D eigenvalue weighted by atomic mass is 16.7. The molecule has 23 heavy (non-hydrogen) atoms. The first-order valence-corrected chi connectivity index (χ1v) is 6.80. The van der Waals surface area contributed by atoms with E-state index in [1.165, 1.54) is 13.3 Å². The van der Waals surface area contributed by atoms with Crippen LogP contribution in [0.3, 0.4) is 0 Å². The van der Waals surface area contributed by atoms with Crippen LogP contribution in [-0.4, -0.2) is 62.6 Å². The van der Waals surface area contributed by atoms with E-state index in [0.717, 1.165) is 4.68 Å². The zero-order valence-electron chi connectivity index (χ0n) is 12.0. The predicted octanol–water partition coefficient (Wildman–Crippen LogP) is -2.26. The Balaban J connectivity index is 1.93. The van der Waals surface area contributed by atoms with E-state index in [1.807, 2.05) is 0 Å². The minimum Gasteiger partial charge on any atom is -0.455 e. The molecule has 11 nitrogen and oxygen atoms in total. The van der Waals surface area contributed by atoms with E-state index in [4.69, 9.17) is 19.9 Å². The number of rotatable bonds is 3. The molecule has 1 aromatic rings. The summed E-state index contributed by atoms with van der Waals surface area (Å²) in [6.07, 6.45) is -2.78. The van der Waals surface area contributed by atoms with Gasteiger partial charge in [-0.1, -0.05) is 0 Å². The van der Waals surface area contributed by atoms with Gasteiger partial charge in [0.2, 0.25) is 5.82 Å². The number of nitrogens with zero attached hydrogens (tertiary/aromatic N) is 3. The molecule has 0 spiro atoms. The standard InChI is InChI=1S/C12H14N4O7/c1-4-11(19)22-6-5(2-17)21-10(7(6)23-12(4)20)16-3-14-9(15-16)8(13)18/h3-7,10,17H,2H2,1H3,(H2,13,18). The van der Waals surface area contributed by atoms with Crippen molar-refractivity contribution in [3.05, 3.63) is 12.2 Å². The first-order valence-electron chi connectivity index (χ1n) is 6.80. The Labute approximate surface area is 129 Å². The summed E-state index contributed by atoms with van der Waals surface area (Å²) in [5, 5.41) is 13.2. The van der Waals surface area contributed by atoms with Crippen LogP contribution in [0.2, 0.25) is 0 Å². The van der Waals surface area contributed by atoms with Crippen LogP contribution in [0.15, 0.2) is 6.33 Å². The lowest BCUT2D eigenvalue weighted by Crippen LogP contribution is -2.37. The average molecular weight is 326 g/mol. The lowest BCUT2D eigenvalue weighted by Gasteiger charge is -2.19. The summed E-state index contributed by atoms with van der Waals surface area (Å²) in [6.45, 7) is 0.893. The summed E-state index contributed by atoms with van der Waals surface area (Å²) in [4.78, 5) is 38.5. The smallest absolute Gasteiger partial charge is 0.320 e. The number of primary amides is 1. The zero-order chi connectivity index (χ0) is 16.7. The monoisotopic (exact) mass is 326 g/mol. The largest absolute Gasteiger partial charge is 0.455 e. The Kier molecular flexibility index (Phi) is 3.74. The van der Waals surface area contributed by atoms with Gasteiger partial charge in [0.25, 0.3) is 5.91 Å². The summed E-state index contributed by atoms with van der Waals surface area (Å²) in [6, 6.07) is 0. The van der Waals surface area contributed by atoms with Crippen LogP contribution in [0.4, 0.5) is 0 Å². The molecule has 3 heterocycles. The molecule has 3 N–H and O–H groups in total. The quantitative estimate of drug-likeness (QED) is 0.462. The number of ether oxygens (including phenoxy) is 3. The molecule has 2 fully saturated rings. The van der Waals surface area contributed by atoms with E-state index in [-0.39, 0.29) is 5.82 Å². The highest BCUT2D eigenvalue weighted by Gasteiger charge is 2.53. The molecule has 3 rings (SSSR count). The van der Waals surface area contributed by atoms with Crippen molar-refractivity contribution >= 4 is 17.8 Å². The Morgan fingerprint density at radius 2 is 2.00 bits per heavy atom. The fourth-order valence-corrected chi connectivity index (χ4v) is 2.41. The number of hydrogen-bond acceptors (Lipinski definition) is 9. The predicted molar refractivity (Wildman–Crippen MR) is 68.5 cm³/mol. The van der Waals surface area contributed by atoms with Crippen LogP contribution in [0.5, 0.6) is 0 Å². The van der Waals surface area contributed by atoms with Crippen LogP contribution in [-0.2, 0) is 23.8 Å². The number of carbonyl (C=O) groups is 3. The molecule has 1 amide bonds. The number of hydrogen-bond donors (Lipinski definition) is 2. The molecular formula is C12H14N4O7. The maximum absolute atomic E-state index is 11.9. The van der Waals surface area contributed by atoms with Gasteiger partial charge in [0.1, 0.15) is 12.4 Å². The number of aromatic nitrogens is 3. The van der Waals surface area contributed by atoms with E-state index >= 15 is 0 Å². The van der Waals surface area contributed by atoms with Crippen LogP contribution >= 0.6 is 0 Å². The van der Waals surface area contributed by atoms with Gasteiger partial charge in [-0.25, -0.2) is 9.67 Å². The number of amides is 1. The molecule has 2 saturated heterocycles. The van der Waals surface area contributed by atoms with Gasteiger partial charge in [-0.3, -0.25) is 14.4 Å². The summed E-state index contributed by atoms with van der Waals surface area (Å²) >= 11 is 0. The summed E-state index contributed by atoms with van der Waals surface area (Å²) in [5.74, 6) is -3.71. The SMILES string of the molecule is CC1C(=O)OC2C(CO)OC(n3cnc(C(N)=O)n3)C2OC1=O. The lowest BCUT2D eigenvalue weighted by molar-refractivity contribution is -0.162. The number of nitrogens with two attached hydrogens (primary N) is 1. The molecule has 0 saturated carbocycles. The van der Waals surface area contributed by atoms with Gasteiger partial charge in [-0.15, -0.1) is 5.10 Å². The Bertz CT molecular complexity index is 660. The fraction of sp³-hybridized carbons (Fsp3) is 0.583. The van der Waals surface area contributed by atoms with Gasteiger partial charge >= 0.3 is 11.9 Å². The molecule has 5 unspecified atom stereocenters. The molecular weight excluding hydrogens is 312 g/mol. The molecule has 124 valence electrons. The number of aliphatic hydroxyl groups excluding tert-OH is 1. The molecule has 2 aliphatic heterocycles. The van der Waals surface area contributed by atoms with Gasteiger partial charge in [0.05, 0.1) is 6.61 Å². The third kappa shape index (κ3) is 2.53. The van der Waals surface area contributed by atoms with Crippen molar-refractivity contribution < 1.29 is 33.7 Å². The second kappa shape index (κ2) is 5.59. The van der Waals surface area contributed by atoms with Crippen molar-refractivity contribution in [2.75, 3.05) is 6.61 Å². The van der Waals surface area contributed by atoms with Crippen LogP contribution in [0.25, 0.3) is 0 Å². The van der Waals surface area contributed by atoms with Crippen molar-refractivity contribution in [1.82, 2.24) is 14.8 Å². The maximum Gasteiger partial charge on any atom is 0.320 e. The van der Waals surface area contributed by atoms with Crippen LogP contribution in [0, 0.1) is 5.92 Å². The third-order valence-corrected chi connectivity index (χ3v) is 3.67. The molecule has 0 aliphatic carbocycles. The number of carbonyl (C=O) groups excluding carboxylic acids is 3. The summed E-state index contributed by atoms with van der Waals surface area (Å²) < 4.78 is 17.1. The van der Waals surface area contributed by atoms with Crippen molar-refractivity contribution in [3.63, 3.8) is 0 Å². The first kappa shape index (κ1) is 15.4. The van der Waals surface area contributed by atoms with Gasteiger partial charge in [0, 0.05) is 0 Å². The van der Waals surface area contributed by atoms with Crippen molar-refractivity contribution in [2.45, 2.75) is 31.5 Å². The minimum absolute atomic E-state index is 0.247. The summed E-state index contributed by atoms with van der Waals surface area (Å²) in [7, 11) is 0. The number of esters is 2. The van der Waals surface area contributed by atoms with Gasteiger partial charge in [0.15, 0.2) is 24.4 Å².